The fraction of sp³-hybridized carbons (Fsp3) is 0.471. The number of piperidine rings is 1. The molecule has 1 atom stereocenters. The minimum absolute atomic E-state index is 0.466. The summed E-state index contributed by atoms with van der Waals surface area (Å²) in [5.41, 5.74) is 7.92. The Morgan fingerprint density at radius 3 is 2.95 bits per heavy atom. The van der Waals surface area contributed by atoms with Crippen molar-refractivity contribution in [3.05, 3.63) is 36.0 Å². The zero-order valence-corrected chi connectivity index (χ0v) is 13.4. The molecule has 0 aliphatic carbocycles. The normalized spacial score (nSPS) is 20.0. The summed E-state index contributed by atoms with van der Waals surface area (Å²) in [5, 5.41) is 1.22. The van der Waals surface area contributed by atoms with E-state index in [2.05, 4.69) is 40.9 Å². The molecule has 1 saturated heterocycles. The van der Waals surface area contributed by atoms with Crippen LogP contribution < -0.4 is 5.73 Å². The van der Waals surface area contributed by atoms with E-state index in [4.69, 9.17) is 18.0 Å². The molecule has 1 unspecified atom stereocenters. The number of aromatic nitrogens is 1. The van der Waals surface area contributed by atoms with Gasteiger partial charge in [-0.15, -0.1) is 0 Å². The van der Waals surface area contributed by atoms with Gasteiger partial charge in [0.1, 0.15) is 4.99 Å². The molecule has 1 aliphatic heterocycles. The van der Waals surface area contributed by atoms with Crippen LogP contribution in [0, 0.1) is 0 Å². The number of rotatable bonds is 4. The number of fused-ring (bicyclic) bond motifs is 1. The third kappa shape index (κ3) is 3.11. The van der Waals surface area contributed by atoms with Crippen LogP contribution in [0.4, 0.5) is 0 Å². The van der Waals surface area contributed by atoms with E-state index >= 15 is 0 Å². The van der Waals surface area contributed by atoms with Crippen molar-refractivity contribution in [2.45, 2.75) is 38.3 Å². The molecule has 0 radical (unpaired) electrons. The summed E-state index contributed by atoms with van der Waals surface area (Å²) in [4.78, 5) is 2.98. The summed E-state index contributed by atoms with van der Waals surface area (Å²) in [6.07, 6.45) is 7.45. The zero-order valence-electron chi connectivity index (χ0n) is 12.6. The molecule has 0 amide bonds. The Morgan fingerprint density at radius 1 is 1.33 bits per heavy atom. The van der Waals surface area contributed by atoms with E-state index in [0.717, 1.165) is 18.2 Å². The molecule has 1 aromatic heterocycles. The van der Waals surface area contributed by atoms with Crippen molar-refractivity contribution in [3.63, 3.8) is 0 Å². The Balaban J connectivity index is 1.74. The van der Waals surface area contributed by atoms with Gasteiger partial charge < -0.3 is 15.2 Å². The second-order valence-corrected chi connectivity index (χ2v) is 6.51. The monoisotopic (exact) mass is 301 g/mol. The van der Waals surface area contributed by atoms with Gasteiger partial charge in [-0.3, -0.25) is 0 Å². The highest BCUT2D eigenvalue weighted by molar-refractivity contribution is 7.80. The van der Waals surface area contributed by atoms with E-state index in [9.17, 15) is 0 Å². The van der Waals surface area contributed by atoms with Gasteiger partial charge in [-0.25, -0.2) is 0 Å². The molecule has 1 fully saturated rings. The summed E-state index contributed by atoms with van der Waals surface area (Å²) >= 11 is 5.05. The van der Waals surface area contributed by atoms with E-state index < -0.39 is 0 Å². The summed E-state index contributed by atoms with van der Waals surface area (Å²) in [7, 11) is 2.26. The highest BCUT2D eigenvalue weighted by Crippen LogP contribution is 2.21. The second kappa shape index (κ2) is 6.16. The van der Waals surface area contributed by atoms with E-state index in [1.165, 1.54) is 43.1 Å². The maximum atomic E-state index is 5.70. The number of nitrogens with zero attached hydrogens (tertiary/aromatic N) is 2. The molecule has 0 bridgehead atoms. The van der Waals surface area contributed by atoms with Crippen molar-refractivity contribution in [2.75, 3.05) is 13.6 Å². The predicted molar refractivity (Wildman–Crippen MR) is 92.7 cm³/mol. The number of benzene rings is 1. The van der Waals surface area contributed by atoms with Gasteiger partial charge >= 0.3 is 0 Å². The lowest BCUT2D eigenvalue weighted by atomic mass is 10.0. The Morgan fingerprint density at radius 2 is 2.19 bits per heavy atom. The van der Waals surface area contributed by atoms with E-state index in [0.29, 0.717) is 4.99 Å². The Kier molecular flexibility index (Phi) is 4.27. The molecule has 21 heavy (non-hydrogen) atoms. The molecular formula is C17H23N3S. The number of aryl methyl sites for hydroxylation is 1. The fourth-order valence-corrected chi connectivity index (χ4v) is 3.47. The molecule has 0 saturated carbocycles. The third-order valence-corrected chi connectivity index (χ3v) is 4.92. The predicted octanol–water partition coefficient (Wildman–Crippen LogP) is 3.15. The first-order chi connectivity index (χ1) is 10.1. The summed E-state index contributed by atoms with van der Waals surface area (Å²) < 4.78 is 2.35. The van der Waals surface area contributed by atoms with Gasteiger partial charge in [0.05, 0.1) is 0 Å². The summed E-state index contributed by atoms with van der Waals surface area (Å²) in [6, 6.07) is 9.12. The molecule has 1 aromatic carbocycles. The highest BCUT2D eigenvalue weighted by Gasteiger charge is 2.18. The van der Waals surface area contributed by atoms with Gasteiger partial charge in [-0.1, -0.05) is 18.6 Å². The number of thiocarbonyl (C=S) groups is 1. The van der Waals surface area contributed by atoms with Gasteiger partial charge in [0, 0.05) is 35.2 Å². The molecule has 2 aromatic rings. The lowest BCUT2D eigenvalue weighted by Gasteiger charge is -2.32. The van der Waals surface area contributed by atoms with Gasteiger partial charge in [0.25, 0.3) is 0 Å². The quantitative estimate of drug-likeness (QED) is 0.881. The van der Waals surface area contributed by atoms with Crippen LogP contribution in [0.2, 0.25) is 0 Å². The van der Waals surface area contributed by atoms with Gasteiger partial charge in [0.2, 0.25) is 0 Å². The molecular weight excluding hydrogens is 278 g/mol. The van der Waals surface area contributed by atoms with Gasteiger partial charge in [0.15, 0.2) is 0 Å². The number of hydrogen-bond donors (Lipinski definition) is 1. The molecule has 2 heterocycles. The van der Waals surface area contributed by atoms with Gasteiger partial charge in [-0.2, -0.15) is 0 Å². The van der Waals surface area contributed by atoms with E-state index in [-0.39, 0.29) is 0 Å². The Bertz CT molecular complexity index is 647. The lowest BCUT2D eigenvalue weighted by Crippen LogP contribution is -2.36. The van der Waals surface area contributed by atoms with E-state index in [1.54, 1.807) is 0 Å². The third-order valence-electron chi connectivity index (χ3n) is 4.68. The van der Waals surface area contributed by atoms with E-state index in [1.807, 2.05) is 6.07 Å². The maximum Gasteiger partial charge on any atom is 0.104 e. The summed E-state index contributed by atoms with van der Waals surface area (Å²) in [6.45, 7) is 2.32. The number of nitrogens with two attached hydrogens (primary N) is 1. The smallest absolute Gasteiger partial charge is 0.104 e. The molecule has 2 N–H and O–H groups in total. The number of hydrogen-bond acceptors (Lipinski definition) is 2. The van der Waals surface area contributed by atoms with Crippen molar-refractivity contribution < 1.29 is 0 Å². The van der Waals surface area contributed by atoms with Gasteiger partial charge in [-0.05, 0) is 57.1 Å². The number of likely N-dealkylation sites (tertiary alicyclic amines) is 1. The van der Waals surface area contributed by atoms with Crippen LogP contribution in [-0.2, 0) is 6.54 Å². The Hall–Kier alpha value is -1.39. The lowest BCUT2D eigenvalue weighted by molar-refractivity contribution is 0.171. The molecule has 3 rings (SSSR count). The largest absolute Gasteiger partial charge is 0.389 e. The molecule has 4 heteroatoms. The first-order valence-electron chi connectivity index (χ1n) is 7.74. The van der Waals surface area contributed by atoms with Crippen molar-refractivity contribution in [2.24, 2.45) is 5.73 Å². The Labute approximate surface area is 131 Å². The van der Waals surface area contributed by atoms with Crippen LogP contribution in [0.25, 0.3) is 10.9 Å². The van der Waals surface area contributed by atoms with Crippen molar-refractivity contribution in [3.8, 4) is 0 Å². The SMILES string of the molecule is CN1CCCCC1CCn1ccc2cc(C(N)=S)ccc21. The first-order valence-corrected chi connectivity index (χ1v) is 8.15. The fourth-order valence-electron chi connectivity index (χ4n) is 3.35. The van der Waals surface area contributed by atoms with Crippen LogP contribution in [0.15, 0.2) is 30.5 Å². The van der Waals surface area contributed by atoms with Crippen molar-refractivity contribution in [1.82, 2.24) is 9.47 Å². The highest BCUT2D eigenvalue weighted by atomic mass is 32.1. The first kappa shape index (κ1) is 14.5. The minimum Gasteiger partial charge on any atom is -0.389 e. The van der Waals surface area contributed by atoms with Crippen molar-refractivity contribution in [1.29, 1.82) is 0 Å². The standard InChI is InChI=1S/C17H23N3S/c1-19-9-3-2-4-15(19)8-11-20-10-7-13-12-14(17(18)21)5-6-16(13)20/h5-7,10,12,15H,2-4,8-9,11H2,1H3,(H2,18,21). The second-order valence-electron chi connectivity index (χ2n) is 6.07. The maximum absolute atomic E-state index is 5.70. The topological polar surface area (TPSA) is 34.2 Å². The average Bonchev–Trinajstić information content (AvgIpc) is 2.88. The van der Waals surface area contributed by atoms with Crippen LogP contribution >= 0.6 is 12.2 Å². The zero-order chi connectivity index (χ0) is 14.8. The van der Waals surface area contributed by atoms with Crippen LogP contribution in [0.5, 0.6) is 0 Å². The minimum atomic E-state index is 0.466. The molecule has 0 spiro atoms. The van der Waals surface area contributed by atoms with Crippen LogP contribution in [-0.4, -0.2) is 34.1 Å². The molecule has 3 nitrogen and oxygen atoms in total. The van der Waals surface area contributed by atoms with Crippen LogP contribution in [0.1, 0.15) is 31.2 Å². The average molecular weight is 301 g/mol. The van der Waals surface area contributed by atoms with Crippen molar-refractivity contribution >= 4 is 28.1 Å². The summed E-state index contributed by atoms with van der Waals surface area (Å²) in [5.74, 6) is 0. The molecule has 1 aliphatic rings. The molecule has 112 valence electrons. The van der Waals surface area contributed by atoms with Crippen LogP contribution in [0.3, 0.4) is 0 Å².